The summed E-state index contributed by atoms with van der Waals surface area (Å²) in [5, 5.41) is 8.16. The number of hydrogen-bond donors (Lipinski definition) is 3. The number of nitrogens with one attached hydrogen (secondary N) is 3. The molecule has 1 unspecified atom stereocenters. The number of para-hydroxylation sites is 1. The number of fused-ring (bicyclic) bond motifs is 1. The molecule has 1 saturated heterocycles. The number of nitrogens with zero attached hydrogens (tertiary/aromatic N) is 1. The average Bonchev–Trinajstić information content (AvgIpc) is 3.17. The van der Waals surface area contributed by atoms with Crippen LogP contribution in [0.1, 0.15) is 25.5 Å². The summed E-state index contributed by atoms with van der Waals surface area (Å²) >= 11 is 2.07. The topological polar surface area (TPSA) is 52.2 Å². The summed E-state index contributed by atoms with van der Waals surface area (Å²) in [7, 11) is 1.84. The molecule has 0 spiro atoms. The molecular formula is C18H27IN4S. The Labute approximate surface area is 165 Å². The van der Waals surface area contributed by atoms with Gasteiger partial charge in [0.1, 0.15) is 0 Å². The minimum absolute atomic E-state index is 0. The summed E-state index contributed by atoms with van der Waals surface area (Å²) in [6.45, 7) is 4.19. The minimum atomic E-state index is 0. The predicted octanol–water partition coefficient (Wildman–Crippen LogP) is 3.78. The van der Waals surface area contributed by atoms with E-state index in [1.54, 1.807) is 0 Å². The van der Waals surface area contributed by atoms with Crippen LogP contribution in [0, 0.1) is 0 Å². The lowest BCUT2D eigenvalue weighted by Gasteiger charge is -2.24. The highest BCUT2D eigenvalue weighted by molar-refractivity contribution is 14.0. The van der Waals surface area contributed by atoms with Gasteiger partial charge in [-0.3, -0.25) is 4.99 Å². The summed E-state index contributed by atoms with van der Waals surface area (Å²) in [5.74, 6) is 2.18. The van der Waals surface area contributed by atoms with Crippen molar-refractivity contribution in [2.24, 2.45) is 4.99 Å². The number of aromatic amines is 1. The molecule has 24 heavy (non-hydrogen) atoms. The third kappa shape index (κ3) is 5.05. The quantitative estimate of drug-likeness (QED) is 0.363. The molecule has 4 nitrogen and oxygen atoms in total. The number of thioether (sulfide) groups is 1. The maximum atomic E-state index is 4.33. The van der Waals surface area contributed by atoms with Crippen molar-refractivity contribution >= 4 is 52.6 Å². The zero-order valence-corrected chi connectivity index (χ0v) is 17.5. The Morgan fingerprint density at radius 1 is 1.33 bits per heavy atom. The molecule has 0 bridgehead atoms. The third-order valence-electron chi connectivity index (χ3n) is 4.43. The molecule has 1 aromatic heterocycles. The van der Waals surface area contributed by atoms with E-state index >= 15 is 0 Å². The molecule has 1 fully saturated rings. The monoisotopic (exact) mass is 458 g/mol. The van der Waals surface area contributed by atoms with Gasteiger partial charge in [-0.1, -0.05) is 18.2 Å². The lowest BCUT2D eigenvalue weighted by Crippen LogP contribution is -2.44. The van der Waals surface area contributed by atoms with Crippen molar-refractivity contribution in [1.29, 1.82) is 0 Å². The lowest BCUT2D eigenvalue weighted by molar-refractivity contribution is 0.584. The number of H-pyrrole nitrogens is 1. The number of guanidine groups is 1. The van der Waals surface area contributed by atoms with Gasteiger partial charge in [-0.2, -0.15) is 11.8 Å². The molecule has 0 aliphatic carbocycles. The fraction of sp³-hybridized carbons (Fsp3) is 0.500. The van der Waals surface area contributed by atoms with E-state index in [2.05, 4.69) is 69.6 Å². The predicted molar refractivity (Wildman–Crippen MR) is 117 cm³/mol. The van der Waals surface area contributed by atoms with Crippen LogP contribution in [0.4, 0.5) is 0 Å². The summed E-state index contributed by atoms with van der Waals surface area (Å²) in [6, 6.07) is 10.6. The smallest absolute Gasteiger partial charge is 0.191 e. The zero-order valence-electron chi connectivity index (χ0n) is 14.4. The highest BCUT2D eigenvalue weighted by Crippen LogP contribution is 2.36. The van der Waals surface area contributed by atoms with Crippen LogP contribution in [0.25, 0.3) is 10.9 Å². The summed E-state index contributed by atoms with van der Waals surface area (Å²) in [6.07, 6.45) is 3.58. The molecule has 1 aliphatic heterocycles. The Morgan fingerprint density at radius 2 is 2.17 bits per heavy atom. The van der Waals surface area contributed by atoms with Crippen LogP contribution in [0.15, 0.2) is 35.3 Å². The second-order valence-corrected chi connectivity index (χ2v) is 8.07. The molecule has 1 atom stereocenters. The number of aliphatic imine (C=N–C) groups is 1. The van der Waals surface area contributed by atoms with E-state index in [1.807, 2.05) is 7.05 Å². The van der Waals surface area contributed by atoms with Gasteiger partial charge in [0.25, 0.3) is 0 Å². The highest BCUT2D eigenvalue weighted by Gasteiger charge is 2.29. The molecule has 1 aliphatic rings. The van der Waals surface area contributed by atoms with Gasteiger partial charge in [0.2, 0.25) is 0 Å². The van der Waals surface area contributed by atoms with Crippen LogP contribution in [0.5, 0.6) is 0 Å². The molecule has 2 aromatic rings. The Kier molecular flexibility index (Phi) is 7.28. The van der Waals surface area contributed by atoms with E-state index < -0.39 is 0 Å². The maximum Gasteiger partial charge on any atom is 0.191 e. The number of hydrogen-bond acceptors (Lipinski definition) is 2. The van der Waals surface area contributed by atoms with Gasteiger partial charge in [-0.05, 0) is 43.0 Å². The van der Waals surface area contributed by atoms with E-state index in [9.17, 15) is 0 Å². The molecule has 3 rings (SSSR count). The lowest BCUT2D eigenvalue weighted by atomic mass is 10.1. The van der Waals surface area contributed by atoms with Gasteiger partial charge in [0, 0.05) is 42.5 Å². The zero-order chi connectivity index (χ0) is 16.1. The number of benzene rings is 1. The van der Waals surface area contributed by atoms with E-state index in [1.165, 1.54) is 35.2 Å². The summed E-state index contributed by atoms with van der Waals surface area (Å²) in [4.78, 5) is 7.80. The van der Waals surface area contributed by atoms with E-state index in [0.29, 0.717) is 4.75 Å². The number of rotatable bonds is 5. The van der Waals surface area contributed by atoms with Crippen LogP contribution in [0.3, 0.4) is 0 Å². The Bertz CT molecular complexity index is 643. The van der Waals surface area contributed by atoms with Gasteiger partial charge in [-0.15, -0.1) is 24.0 Å². The molecule has 0 radical (unpaired) electrons. The molecule has 0 amide bonds. The standard InChI is InChI=1S/C18H26N4S.HI/c1-18(9-5-11-23-18)13-21-17(19-2)20-10-8-15-12-14-6-3-4-7-16(14)22-15;/h3-4,6-7,12,22H,5,8-11,13H2,1-2H3,(H2,19,20,21);1H. The fourth-order valence-corrected chi connectivity index (χ4v) is 4.30. The average molecular weight is 458 g/mol. The Balaban J connectivity index is 0.00000208. The van der Waals surface area contributed by atoms with Crippen LogP contribution >= 0.6 is 35.7 Å². The molecule has 132 valence electrons. The first-order valence-electron chi connectivity index (χ1n) is 8.34. The Hall–Kier alpha value is -0.890. The van der Waals surface area contributed by atoms with Crippen LogP contribution < -0.4 is 10.6 Å². The molecular weight excluding hydrogens is 431 g/mol. The molecule has 3 N–H and O–H groups in total. The van der Waals surface area contributed by atoms with E-state index in [4.69, 9.17) is 0 Å². The SMILES string of the molecule is CN=C(NCCc1cc2ccccc2[nH]1)NCC1(C)CCCS1.I. The fourth-order valence-electron chi connectivity index (χ4n) is 3.05. The van der Waals surface area contributed by atoms with E-state index in [-0.39, 0.29) is 24.0 Å². The second-order valence-electron chi connectivity index (χ2n) is 6.39. The van der Waals surface area contributed by atoms with Crippen LogP contribution in [-0.4, -0.2) is 41.6 Å². The summed E-state index contributed by atoms with van der Waals surface area (Å²) in [5.41, 5.74) is 2.46. The van der Waals surface area contributed by atoms with Crippen molar-refractivity contribution in [2.75, 3.05) is 25.9 Å². The normalized spacial score (nSPS) is 20.8. The van der Waals surface area contributed by atoms with Crippen molar-refractivity contribution in [3.8, 4) is 0 Å². The number of aromatic nitrogens is 1. The van der Waals surface area contributed by atoms with Gasteiger partial charge >= 0.3 is 0 Å². The van der Waals surface area contributed by atoms with Gasteiger partial charge < -0.3 is 15.6 Å². The van der Waals surface area contributed by atoms with Gasteiger partial charge in [0.15, 0.2) is 5.96 Å². The second kappa shape index (κ2) is 8.99. The third-order valence-corrected chi connectivity index (χ3v) is 5.96. The molecule has 0 saturated carbocycles. The maximum absolute atomic E-state index is 4.33. The highest BCUT2D eigenvalue weighted by atomic mass is 127. The van der Waals surface area contributed by atoms with E-state index in [0.717, 1.165) is 25.5 Å². The van der Waals surface area contributed by atoms with Gasteiger partial charge in [0.05, 0.1) is 0 Å². The van der Waals surface area contributed by atoms with Crippen molar-refractivity contribution < 1.29 is 0 Å². The first-order chi connectivity index (χ1) is 11.2. The minimum Gasteiger partial charge on any atom is -0.358 e. The van der Waals surface area contributed by atoms with Crippen molar-refractivity contribution in [2.45, 2.75) is 30.9 Å². The first-order valence-corrected chi connectivity index (χ1v) is 9.32. The first kappa shape index (κ1) is 19.4. The van der Waals surface area contributed by atoms with Crippen molar-refractivity contribution in [3.63, 3.8) is 0 Å². The molecule has 6 heteroatoms. The summed E-state index contributed by atoms with van der Waals surface area (Å²) < 4.78 is 0.356. The van der Waals surface area contributed by atoms with Crippen molar-refractivity contribution in [1.82, 2.24) is 15.6 Å². The largest absolute Gasteiger partial charge is 0.358 e. The van der Waals surface area contributed by atoms with Crippen LogP contribution in [0.2, 0.25) is 0 Å². The van der Waals surface area contributed by atoms with Crippen molar-refractivity contribution in [3.05, 3.63) is 36.0 Å². The number of halogens is 1. The molecule has 1 aromatic carbocycles. The Morgan fingerprint density at radius 3 is 2.88 bits per heavy atom. The van der Waals surface area contributed by atoms with Gasteiger partial charge in [-0.25, -0.2) is 0 Å². The molecule has 2 heterocycles. The van der Waals surface area contributed by atoms with Crippen LogP contribution in [-0.2, 0) is 6.42 Å².